The Morgan fingerprint density at radius 1 is 1.20 bits per heavy atom. The fourth-order valence-electron chi connectivity index (χ4n) is 3.54. The van der Waals surface area contributed by atoms with Gasteiger partial charge in [0.15, 0.2) is 0 Å². The van der Waals surface area contributed by atoms with Crippen molar-refractivity contribution in [2.45, 2.75) is 19.8 Å². The van der Waals surface area contributed by atoms with Gasteiger partial charge in [0.1, 0.15) is 11.4 Å². The Morgan fingerprint density at radius 3 is 2.83 bits per heavy atom. The average molecular weight is 424 g/mol. The third-order valence-corrected chi connectivity index (χ3v) is 5.66. The van der Waals surface area contributed by atoms with Crippen LogP contribution in [0.15, 0.2) is 48.7 Å². The van der Waals surface area contributed by atoms with Gasteiger partial charge in [-0.05, 0) is 55.7 Å². The van der Waals surface area contributed by atoms with Gasteiger partial charge in [0, 0.05) is 30.0 Å². The van der Waals surface area contributed by atoms with Crippen molar-refractivity contribution in [2.24, 2.45) is 5.92 Å². The molecule has 0 saturated carbocycles. The van der Waals surface area contributed by atoms with E-state index < -0.39 is 0 Å². The third kappa shape index (κ3) is 4.36. The van der Waals surface area contributed by atoms with Gasteiger partial charge in [-0.2, -0.15) is 5.10 Å². The molecule has 30 heavy (non-hydrogen) atoms. The SMILES string of the molecule is Cc1ccc(NC(=O)[C@H]2CCCN(C(=O)c3cc(-c4ccccn4)n[nH]3)C2)cc1Cl. The highest BCUT2D eigenvalue weighted by Crippen LogP contribution is 2.24. The number of carbonyl (C=O) groups excluding carboxylic acids is 2. The number of aromatic nitrogens is 3. The number of aromatic amines is 1. The maximum atomic E-state index is 12.9. The highest BCUT2D eigenvalue weighted by molar-refractivity contribution is 6.31. The molecule has 8 heteroatoms. The molecule has 1 aromatic carbocycles. The summed E-state index contributed by atoms with van der Waals surface area (Å²) in [6.45, 7) is 2.88. The predicted octanol–water partition coefficient (Wildman–Crippen LogP) is 3.92. The van der Waals surface area contributed by atoms with E-state index in [1.165, 1.54) is 0 Å². The summed E-state index contributed by atoms with van der Waals surface area (Å²) in [6, 6.07) is 12.7. The van der Waals surface area contributed by atoms with Gasteiger partial charge in [-0.1, -0.05) is 23.7 Å². The zero-order valence-corrected chi connectivity index (χ0v) is 17.3. The molecule has 2 N–H and O–H groups in total. The molecule has 1 saturated heterocycles. The van der Waals surface area contributed by atoms with Crippen molar-refractivity contribution in [3.63, 3.8) is 0 Å². The Bertz CT molecular complexity index is 1070. The first-order valence-electron chi connectivity index (χ1n) is 9.84. The maximum Gasteiger partial charge on any atom is 0.271 e. The molecule has 4 rings (SSSR count). The molecule has 0 bridgehead atoms. The molecular weight excluding hydrogens is 402 g/mol. The number of benzene rings is 1. The molecule has 0 spiro atoms. The highest BCUT2D eigenvalue weighted by atomic mass is 35.5. The van der Waals surface area contributed by atoms with Crippen LogP contribution in [0.25, 0.3) is 11.4 Å². The third-order valence-electron chi connectivity index (χ3n) is 5.25. The van der Waals surface area contributed by atoms with Gasteiger partial charge in [0.2, 0.25) is 5.91 Å². The van der Waals surface area contributed by atoms with Crippen molar-refractivity contribution in [3.05, 3.63) is 64.9 Å². The number of hydrogen-bond donors (Lipinski definition) is 2. The molecule has 1 atom stereocenters. The van der Waals surface area contributed by atoms with E-state index in [0.29, 0.717) is 40.9 Å². The molecule has 7 nitrogen and oxygen atoms in total. The summed E-state index contributed by atoms with van der Waals surface area (Å²) in [5, 5.41) is 10.5. The van der Waals surface area contributed by atoms with E-state index in [0.717, 1.165) is 18.4 Å². The number of aryl methyl sites for hydroxylation is 1. The lowest BCUT2D eigenvalue weighted by atomic mass is 9.96. The second-order valence-electron chi connectivity index (χ2n) is 7.43. The van der Waals surface area contributed by atoms with E-state index in [1.807, 2.05) is 37.3 Å². The van der Waals surface area contributed by atoms with Crippen molar-refractivity contribution in [3.8, 4) is 11.4 Å². The second-order valence-corrected chi connectivity index (χ2v) is 7.83. The molecule has 3 aromatic rings. The summed E-state index contributed by atoms with van der Waals surface area (Å²) < 4.78 is 0. The minimum Gasteiger partial charge on any atom is -0.337 e. The monoisotopic (exact) mass is 423 g/mol. The van der Waals surface area contributed by atoms with Crippen LogP contribution in [0.4, 0.5) is 5.69 Å². The molecule has 0 unspecified atom stereocenters. The molecular formula is C22H22ClN5O2. The van der Waals surface area contributed by atoms with E-state index in [9.17, 15) is 9.59 Å². The van der Waals surface area contributed by atoms with Crippen LogP contribution in [0, 0.1) is 12.8 Å². The van der Waals surface area contributed by atoms with Gasteiger partial charge in [-0.15, -0.1) is 0 Å². The first-order valence-corrected chi connectivity index (χ1v) is 10.2. The van der Waals surface area contributed by atoms with E-state index in [4.69, 9.17) is 11.6 Å². The van der Waals surface area contributed by atoms with Crippen molar-refractivity contribution in [2.75, 3.05) is 18.4 Å². The lowest BCUT2D eigenvalue weighted by molar-refractivity contribution is -0.121. The smallest absolute Gasteiger partial charge is 0.271 e. The van der Waals surface area contributed by atoms with Crippen LogP contribution in [-0.4, -0.2) is 45.0 Å². The summed E-state index contributed by atoms with van der Waals surface area (Å²) in [6.07, 6.45) is 3.18. The molecule has 2 amide bonds. The quantitative estimate of drug-likeness (QED) is 0.665. The van der Waals surface area contributed by atoms with E-state index in [1.54, 1.807) is 23.2 Å². The van der Waals surface area contributed by atoms with Gasteiger partial charge >= 0.3 is 0 Å². The normalized spacial score (nSPS) is 16.3. The van der Waals surface area contributed by atoms with Crippen molar-refractivity contribution in [1.82, 2.24) is 20.1 Å². The number of hydrogen-bond acceptors (Lipinski definition) is 4. The number of pyridine rings is 1. The Hall–Kier alpha value is -3.19. The fraction of sp³-hybridized carbons (Fsp3) is 0.273. The minimum absolute atomic E-state index is 0.105. The molecule has 154 valence electrons. The van der Waals surface area contributed by atoms with Gasteiger partial charge < -0.3 is 10.2 Å². The zero-order chi connectivity index (χ0) is 21.1. The lowest BCUT2D eigenvalue weighted by Crippen LogP contribution is -2.43. The second kappa shape index (κ2) is 8.67. The summed E-state index contributed by atoms with van der Waals surface area (Å²) >= 11 is 6.14. The zero-order valence-electron chi connectivity index (χ0n) is 16.6. The van der Waals surface area contributed by atoms with Gasteiger partial charge in [-0.3, -0.25) is 19.7 Å². The number of halogens is 1. The first kappa shape index (κ1) is 20.1. The number of likely N-dealkylation sites (tertiary alicyclic amines) is 1. The number of nitrogens with one attached hydrogen (secondary N) is 2. The van der Waals surface area contributed by atoms with Gasteiger partial charge in [0.05, 0.1) is 11.6 Å². The maximum absolute atomic E-state index is 12.9. The summed E-state index contributed by atoms with van der Waals surface area (Å²) in [5.74, 6) is -0.548. The molecule has 0 aliphatic carbocycles. The van der Waals surface area contributed by atoms with Crippen LogP contribution in [-0.2, 0) is 4.79 Å². The highest BCUT2D eigenvalue weighted by Gasteiger charge is 2.30. The Balaban J connectivity index is 1.42. The standard InChI is InChI=1S/C22H22ClN5O2/c1-14-7-8-16(11-17(14)23)25-21(29)15-5-4-10-28(13-15)22(30)20-12-19(26-27-20)18-6-2-3-9-24-18/h2-3,6-9,11-12,15H,4-5,10,13H2,1H3,(H,25,29)(H,26,27)/t15-/m0/s1. The molecule has 1 aliphatic heterocycles. The largest absolute Gasteiger partial charge is 0.337 e. The lowest BCUT2D eigenvalue weighted by Gasteiger charge is -2.31. The summed E-state index contributed by atoms with van der Waals surface area (Å²) in [5.41, 5.74) is 3.31. The van der Waals surface area contributed by atoms with Gasteiger partial charge in [0.25, 0.3) is 5.91 Å². The van der Waals surface area contributed by atoms with Crippen LogP contribution >= 0.6 is 11.6 Å². The first-order chi connectivity index (χ1) is 14.5. The number of carbonyl (C=O) groups is 2. The van der Waals surface area contributed by atoms with E-state index in [2.05, 4.69) is 20.5 Å². The molecule has 3 heterocycles. The number of anilines is 1. The van der Waals surface area contributed by atoms with Crippen LogP contribution in [0.2, 0.25) is 5.02 Å². The summed E-state index contributed by atoms with van der Waals surface area (Å²) in [7, 11) is 0. The van der Waals surface area contributed by atoms with Crippen LogP contribution in [0.1, 0.15) is 28.9 Å². The summed E-state index contributed by atoms with van der Waals surface area (Å²) in [4.78, 5) is 31.6. The molecule has 0 radical (unpaired) electrons. The van der Waals surface area contributed by atoms with Crippen LogP contribution in [0.3, 0.4) is 0 Å². The Labute approximate surface area is 179 Å². The van der Waals surface area contributed by atoms with Crippen LogP contribution < -0.4 is 5.32 Å². The van der Waals surface area contributed by atoms with Gasteiger partial charge in [-0.25, -0.2) is 0 Å². The van der Waals surface area contributed by atoms with Crippen molar-refractivity contribution >= 4 is 29.1 Å². The Kier molecular flexibility index (Phi) is 5.81. The number of rotatable bonds is 4. The number of amides is 2. The van der Waals surface area contributed by atoms with E-state index in [-0.39, 0.29) is 17.7 Å². The van der Waals surface area contributed by atoms with Crippen molar-refractivity contribution < 1.29 is 9.59 Å². The number of piperidine rings is 1. The predicted molar refractivity (Wildman–Crippen MR) is 115 cm³/mol. The molecule has 2 aromatic heterocycles. The van der Waals surface area contributed by atoms with Crippen LogP contribution in [0.5, 0.6) is 0 Å². The average Bonchev–Trinajstić information content (AvgIpc) is 3.27. The van der Waals surface area contributed by atoms with Crippen molar-refractivity contribution in [1.29, 1.82) is 0 Å². The molecule has 1 fully saturated rings. The van der Waals surface area contributed by atoms with E-state index >= 15 is 0 Å². The Morgan fingerprint density at radius 2 is 2.07 bits per heavy atom. The molecule has 1 aliphatic rings. The number of H-pyrrole nitrogens is 1. The minimum atomic E-state index is -0.277. The topological polar surface area (TPSA) is 91.0 Å². The number of nitrogens with zero attached hydrogens (tertiary/aromatic N) is 3. The fourth-order valence-corrected chi connectivity index (χ4v) is 3.72.